The van der Waals surface area contributed by atoms with Gasteiger partial charge in [-0.25, -0.2) is 4.99 Å². The van der Waals surface area contributed by atoms with Gasteiger partial charge in [0.15, 0.2) is 5.96 Å². The van der Waals surface area contributed by atoms with E-state index in [1.807, 2.05) is 6.07 Å². The van der Waals surface area contributed by atoms with Crippen LogP contribution in [0.2, 0.25) is 0 Å². The minimum Gasteiger partial charge on any atom is -0.364 e. The molecule has 0 bridgehead atoms. The minimum absolute atomic E-state index is 0. The van der Waals surface area contributed by atoms with Crippen LogP contribution in [0.25, 0.3) is 0 Å². The summed E-state index contributed by atoms with van der Waals surface area (Å²) < 4.78 is 4.91. The maximum absolute atomic E-state index is 4.91. The third-order valence-electron chi connectivity index (χ3n) is 4.42. The Morgan fingerprint density at radius 1 is 1.15 bits per heavy atom. The SMILES string of the molecule is CCNC(=NCc1ccc(C)cc1)N1CCN(Cc2ccon2)CC1.I. The van der Waals surface area contributed by atoms with Gasteiger partial charge >= 0.3 is 0 Å². The van der Waals surface area contributed by atoms with Crippen LogP contribution in [0.5, 0.6) is 0 Å². The Labute approximate surface area is 172 Å². The van der Waals surface area contributed by atoms with Crippen molar-refractivity contribution in [1.29, 1.82) is 0 Å². The van der Waals surface area contributed by atoms with Gasteiger partial charge in [0.1, 0.15) is 6.26 Å². The molecule has 1 aliphatic heterocycles. The Kier molecular flexibility index (Phi) is 8.37. The highest BCUT2D eigenvalue weighted by Crippen LogP contribution is 2.09. The van der Waals surface area contributed by atoms with E-state index in [9.17, 15) is 0 Å². The van der Waals surface area contributed by atoms with Crippen molar-refractivity contribution in [2.24, 2.45) is 4.99 Å². The van der Waals surface area contributed by atoms with Crippen LogP contribution in [0.1, 0.15) is 23.7 Å². The lowest BCUT2D eigenvalue weighted by Crippen LogP contribution is -2.52. The first kappa shape index (κ1) is 20.7. The number of piperazine rings is 1. The molecule has 3 rings (SSSR count). The van der Waals surface area contributed by atoms with Gasteiger partial charge in [-0.05, 0) is 19.4 Å². The van der Waals surface area contributed by atoms with Crippen LogP contribution in [0.3, 0.4) is 0 Å². The van der Waals surface area contributed by atoms with E-state index in [2.05, 4.69) is 58.4 Å². The van der Waals surface area contributed by atoms with Crippen LogP contribution in [-0.2, 0) is 13.1 Å². The number of rotatable bonds is 5. The molecule has 1 saturated heterocycles. The zero-order chi connectivity index (χ0) is 17.5. The Morgan fingerprint density at radius 3 is 2.50 bits per heavy atom. The number of guanidine groups is 1. The number of benzene rings is 1. The highest BCUT2D eigenvalue weighted by atomic mass is 127. The smallest absolute Gasteiger partial charge is 0.194 e. The topological polar surface area (TPSA) is 56.9 Å². The summed E-state index contributed by atoms with van der Waals surface area (Å²) in [6, 6.07) is 10.5. The van der Waals surface area contributed by atoms with E-state index in [-0.39, 0.29) is 24.0 Å². The molecule has 7 heteroatoms. The molecule has 1 aliphatic rings. The van der Waals surface area contributed by atoms with Crippen molar-refractivity contribution >= 4 is 29.9 Å². The second-order valence-corrected chi connectivity index (χ2v) is 6.41. The maximum Gasteiger partial charge on any atom is 0.194 e. The van der Waals surface area contributed by atoms with Crippen LogP contribution < -0.4 is 5.32 Å². The Hall–Kier alpha value is -1.61. The van der Waals surface area contributed by atoms with Gasteiger partial charge in [0.25, 0.3) is 0 Å². The summed E-state index contributed by atoms with van der Waals surface area (Å²) in [4.78, 5) is 9.57. The number of nitrogens with one attached hydrogen (secondary N) is 1. The molecule has 1 N–H and O–H groups in total. The van der Waals surface area contributed by atoms with Gasteiger partial charge < -0.3 is 14.7 Å². The van der Waals surface area contributed by atoms with E-state index in [4.69, 9.17) is 9.52 Å². The molecule has 1 aromatic heterocycles. The average molecular weight is 469 g/mol. The largest absolute Gasteiger partial charge is 0.364 e. The molecule has 2 heterocycles. The first-order valence-electron chi connectivity index (χ1n) is 8.95. The quantitative estimate of drug-likeness (QED) is 0.415. The molecule has 0 amide bonds. The van der Waals surface area contributed by atoms with Crippen molar-refractivity contribution in [2.75, 3.05) is 32.7 Å². The molecule has 0 saturated carbocycles. The van der Waals surface area contributed by atoms with E-state index in [0.29, 0.717) is 6.54 Å². The zero-order valence-corrected chi connectivity index (χ0v) is 17.8. The molecule has 1 fully saturated rings. The fourth-order valence-corrected chi connectivity index (χ4v) is 2.95. The van der Waals surface area contributed by atoms with Gasteiger partial charge in [0.2, 0.25) is 0 Å². The highest BCUT2D eigenvalue weighted by molar-refractivity contribution is 14.0. The summed E-state index contributed by atoms with van der Waals surface area (Å²) in [7, 11) is 0. The lowest BCUT2D eigenvalue weighted by Gasteiger charge is -2.36. The number of aryl methyl sites for hydroxylation is 1. The number of hydrogen-bond acceptors (Lipinski definition) is 4. The molecule has 0 spiro atoms. The van der Waals surface area contributed by atoms with Crippen molar-refractivity contribution in [2.45, 2.75) is 26.9 Å². The summed E-state index contributed by atoms with van der Waals surface area (Å²) >= 11 is 0. The monoisotopic (exact) mass is 469 g/mol. The predicted octanol–water partition coefficient (Wildman–Crippen LogP) is 2.88. The third kappa shape index (κ3) is 5.98. The lowest BCUT2D eigenvalue weighted by molar-refractivity contribution is 0.169. The van der Waals surface area contributed by atoms with E-state index < -0.39 is 0 Å². The van der Waals surface area contributed by atoms with Crippen molar-refractivity contribution in [3.8, 4) is 0 Å². The summed E-state index contributed by atoms with van der Waals surface area (Å²) in [5, 5.41) is 7.42. The van der Waals surface area contributed by atoms with Crippen LogP contribution in [0.15, 0.2) is 46.1 Å². The Morgan fingerprint density at radius 2 is 1.88 bits per heavy atom. The van der Waals surface area contributed by atoms with Gasteiger partial charge in [-0.3, -0.25) is 4.90 Å². The molecule has 6 nitrogen and oxygen atoms in total. The molecular formula is C19H28IN5O. The molecule has 2 aromatic rings. The molecule has 26 heavy (non-hydrogen) atoms. The van der Waals surface area contributed by atoms with Crippen molar-refractivity contribution in [3.05, 3.63) is 53.4 Å². The standard InChI is InChI=1S/C19H27N5O.HI/c1-3-20-19(21-14-17-6-4-16(2)5-7-17)24-11-9-23(10-12-24)15-18-8-13-25-22-18;/h4-8,13H,3,9-12,14-15H2,1-2H3,(H,20,21);1H. The van der Waals surface area contributed by atoms with Gasteiger partial charge in [-0.15, -0.1) is 24.0 Å². The van der Waals surface area contributed by atoms with Crippen LogP contribution in [-0.4, -0.2) is 53.6 Å². The van der Waals surface area contributed by atoms with E-state index >= 15 is 0 Å². The van der Waals surface area contributed by atoms with Crippen molar-refractivity contribution in [3.63, 3.8) is 0 Å². The molecule has 0 unspecified atom stereocenters. The Balaban J connectivity index is 0.00000243. The summed E-state index contributed by atoms with van der Waals surface area (Å²) in [6.07, 6.45) is 1.63. The fraction of sp³-hybridized carbons (Fsp3) is 0.474. The summed E-state index contributed by atoms with van der Waals surface area (Å²) in [5.74, 6) is 1.00. The fourth-order valence-electron chi connectivity index (χ4n) is 2.95. The second-order valence-electron chi connectivity index (χ2n) is 6.41. The highest BCUT2D eigenvalue weighted by Gasteiger charge is 2.20. The van der Waals surface area contributed by atoms with Gasteiger partial charge in [0.05, 0.1) is 12.2 Å². The van der Waals surface area contributed by atoms with Gasteiger partial charge in [-0.2, -0.15) is 0 Å². The first-order valence-corrected chi connectivity index (χ1v) is 8.95. The summed E-state index contributed by atoms with van der Waals surface area (Å²) in [5.41, 5.74) is 3.52. The number of halogens is 1. The van der Waals surface area contributed by atoms with Crippen LogP contribution in [0.4, 0.5) is 0 Å². The molecule has 0 atom stereocenters. The number of aliphatic imine (C=N–C) groups is 1. The molecule has 0 radical (unpaired) electrons. The normalized spacial score (nSPS) is 15.6. The minimum atomic E-state index is 0. The molecule has 0 aliphatic carbocycles. The van der Waals surface area contributed by atoms with Crippen molar-refractivity contribution in [1.82, 2.24) is 20.3 Å². The van der Waals surface area contributed by atoms with Crippen LogP contribution >= 0.6 is 24.0 Å². The second kappa shape index (κ2) is 10.5. The number of aromatic nitrogens is 1. The molecule has 1 aromatic carbocycles. The first-order chi connectivity index (χ1) is 12.2. The molecular weight excluding hydrogens is 441 g/mol. The summed E-state index contributed by atoms with van der Waals surface area (Å²) in [6.45, 7) is 10.6. The number of nitrogens with zero attached hydrogens (tertiary/aromatic N) is 4. The van der Waals surface area contributed by atoms with E-state index in [0.717, 1.165) is 50.9 Å². The van der Waals surface area contributed by atoms with Gasteiger partial charge in [0, 0.05) is 45.3 Å². The predicted molar refractivity (Wildman–Crippen MR) is 115 cm³/mol. The zero-order valence-electron chi connectivity index (χ0n) is 15.5. The van der Waals surface area contributed by atoms with Crippen LogP contribution in [0, 0.1) is 6.92 Å². The van der Waals surface area contributed by atoms with E-state index in [1.54, 1.807) is 6.26 Å². The van der Waals surface area contributed by atoms with E-state index in [1.165, 1.54) is 11.1 Å². The molecule has 142 valence electrons. The lowest BCUT2D eigenvalue weighted by atomic mass is 10.1. The average Bonchev–Trinajstić information content (AvgIpc) is 3.14. The number of hydrogen-bond donors (Lipinski definition) is 1. The third-order valence-corrected chi connectivity index (χ3v) is 4.42. The van der Waals surface area contributed by atoms with Gasteiger partial charge in [-0.1, -0.05) is 35.0 Å². The maximum atomic E-state index is 4.91. The Bertz CT molecular complexity index is 664. The van der Waals surface area contributed by atoms with Crippen molar-refractivity contribution < 1.29 is 4.52 Å².